The van der Waals surface area contributed by atoms with Gasteiger partial charge in [-0.05, 0) is 67.8 Å². The number of amides is 1. The number of sulfonamides is 2. The van der Waals surface area contributed by atoms with Crippen molar-refractivity contribution in [1.29, 1.82) is 0 Å². The van der Waals surface area contributed by atoms with Crippen LogP contribution in [0.3, 0.4) is 0 Å². The zero-order valence-electron chi connectivity index (χ0n) is 19.7. The fourth-order valence-electron chi connectivity index (χ4n) is 3.89. The number of nitrogens with one attached hydrogen (secondary N) is 1. The Labute approximate surface area is 206 Å². The van der Waals surface area contributed by atoms with Crippen molar-refractivity contribution in [2.75, 3.05) is 36.8 Å². The summed E-state index contributed by atoms with van der Waals surface area (Å²) in [5.41, 5.74) is 0.191. The molecule has 1 aliphatic rings. The summed E-state index contributed by atoms with van der Waals surface area (Å²) < 4.78 is 71.3. The Kier molecular flexibility index (Phi) is 8.73. The van der Waals surface area contributed by atoms with Crippen LogP contribution < -0.4 is 14.4 Å². The van der Waals surface area contributed by atoms with Gasteiger partial charge in [0.15, 0.2) is 0 Å². The van der Waals surface area contributed by atoms with Crippen LogP contribution in [0.15, 0.2) is 53.4 Å². The highest BCUT2D eigenvalue weighted by atomic mass is 32.2. The molecule has 1 fully saturated rings. The average Bonchev–Trinajstić information content (AvgIpc) is 3.36. The molecule has 1 amide bonds. The normalized spacial score (nSPS) is 15.5. The van der Waals surface area contributed by atoms with Crippen LogP contribution in [-0.2, 0) is 24.8 Å². The molecule has 1 saturated heterocycles. The number of hydrogen-bond acceptors (Lipinski definition) is 6. The minimum absolute atomic E-state index is 0.0931. The minimum Gasteiger partial charge on any atom is -0.492 e. The Balaban J connectivity index is 1.57. The molecule has 12 heteroatoms. The van der Waals surface area contributed by atoms with Gasteiger partial charge in [-0.25, -0.2) is 21.2 Å². The first-order chi connectivity index (χ1) is 16.5. The largest absolute Gasteiger partial charge is 0.492 e. The van der Waals surface area contributed by atoms with Crippen LogP contribution in [0.2, 0.25) is 0 Å². The number of halogens is 1. The molecule has 2 aromatic carbocycles. The Morgan fingerprint density at radius 2 is 1.66 bits per heavy atom. The number of rotatable bonds is 11. The molecular weight excluding hydrogens is 497 g/mol. The predicted molar refractivity (Wildman–Crippen MR) is 131 cm³/mol. The zero-order chi connectivity index (χ0) is 25.6. The van der Waals surface area contributed by atoms with E-state index in [0.717, 1.165) is 35.5 Å². The Bertz CT molecular complexity index is 1210. The van der Waals surface area contributed by atoms with Gasteiger partial charge in [0.05, 0.1) is 23.4 Å². The van der Waals surface area contributed by atoms with E-state index in [9.17, 15) is 26.0 Å². The SMILES string of the molecule is CCC(C(=O)NCCOc1ccc(S(=O)(=O)N2CCCC2)cc1)N(c1ccc(F)cc1)S(C)(=O)=O. The third-order valence-corrected chi connectivity index (χ3v) is 8.70. The molecule has 1 heterocycles. The summed E-state index contributed by atoms with van der Waals surface area (Å²) in [4.78, 5) is 13.0. The van der Waals surface area contributed by atoms with Gasteiger partial charge in [-0.15, -0.1) is 0 Å². The van der Waals surface area contributed by atoms with Gasteiger partial charge in [-0.1, -0.05) is 6.92 Å². The fourth-order valence-corrected chi connectivity index (χ4v) is 6.62. The summed E-state index contributed by atoms with van der Waals surface area (Å²) >= 11 is 0. The van der Waals surface area contributed by atoms with E-state index in [2.05, 4.69) is 5.32 Å². The smallest absolute Gasteiger partial charge is 0.244 e. The van der Waals surface area contributed by atoms with Crippen LogP contribution in [0.1, 0.15) is 26.2 Å². The molecule has 0 aromatic heterocycles. The number of anilines is 1. The highest BCUT2D eigenvalue weighted by molar-refractivity contribution is 7.92. The van der Waals surface area contributed by atoms with Gasteiger partial charge in [0.2, 0.25) is 26.0 Å². The number of carbonyl (C=O) groups excluding carboxylic acids is 1. The highest BCUT2D eigenvalue weighted by Gasteiger charge is 2.31. The van der Waals surface area contributed by atoms with E-state index >= 15 is 0 Å². The fraction of sp³-hybridized carbons (Fsp3) is 0.435. The Morgan fingerprint density at radius 1 is 1.06 bits per heavy atom. The van der Waals surface area contributed by atoms with Gasteiger partial charge in [-0.2, -0.15) is 4.31 Å². The Morgan fingerprint density at radius 3 is 2.20 bits per heavy atom. The van der Waals surface area contributed by atoms with Gasteiger partial charge in [0.1, 0.15) is 24.2 Å². The molecule has 0 saturated carbocycles. The van der Waals surface area contributed by atoms with Gasteiger partial charge >= 0.3 is 0 Å². The molecule has 0 bridgehead atoms. The number of carbonyl (C=O) groups is 1. The standard InChI is InChI=1S/C23H30FN3O6S2/c1-3-22(27(34(2,29)30)19-8-6-18(24)7-9-19)23(28)25-14-17-33-20-10-12-21(13-11-20)35(31,32)26-15-4-5-16-26/h6-13,22H,3-5,14-17H2,1-2H3,(H,25,28). The van der Waals surface area contributed by atoms with E-state index in [0.29, 0.717) is 18.8 Å². The number of hydrogen-bond donors (Lipinski definition) is 1. The molecule has 1 N–H and O–H groups in total. The lowest BCUT2D eigenvalue weighted by Gasteiger charge is -2.30. The summed E-state index contributed by atoms with van der Waals surface area (Å²) in [7, 11) is -7.32. The van der Waals surface area contributed by atoms with Crippen molar-refractivity contribution < 1.29 is 30.8 Å². The maximum absolute atomic E-state index is 13.3. The van der Waals surface area contributed by atoms with Crippen molar-refractivity contribution in [3.63, 3.8) is 0 Å². The van der Waals surface area contributed by atoms with Crippen LogP contribution in [0.4, 0.5) is 10.1 Å². The molecular formula is C23H30FN3O6S2. The number of benzene rings is 2. The topological polar surface area (TPSA) is 113 Å². The first kappa shape index (κ1) is 26.9. The third kappa shape index (κ3) is 6.71. The van der Waals surface area contributed by atoms with Crippen LogP contribution in [0.25, 0.3) is 0 Å². The van der Waals surface area contributed by atoms with E-state index in [-0.39, 0.29) is 30.2 Å². The van der Waals surface area contributed by atoms with Gasteiger partial charge in [-0.3, -0.25) is 9.10 Å². The summed E-state index contributed by atoms with van der Waals surface area (Å²) in [6.07, 6.45) is 2.90. The lowest BCUT2D eigenvalue weighted by molar-refractivity contribution is -0.122. The van der Waals surface area contributed by atoms with Crippen molar-refractivity contribution >= 4 is 31.6 Å². The number of nitrogens with zero attached hydrogens (tertiary/aromatic N) is 2. The lowest BCUT2D eigenvalue weighted by Crippen LogP contribution is -2.50. The van der Waals surface area contributed by atoms with E-state index in [1.165, 1.54) is 28.6 Å². The number of ether oxygens (including phenoxy) is 1. The van der Waals surface area contributed by atoms with Crippen LogP contribution in [0, 0.1) is 5.82 Å². The molecule has 1 atom stereocenters. The molecule has 0 radical (unpaired) electrons. The van der Waals surface area contributed by atoms with Crippen molar-refractivity contribution in [2.24, 2.45) is 0 Å². The summed E-state index contributed by atoms with van der Waals surface area (Å²) in [6, 6.07) is 9.94. The van der Waals surface area contributed by atoms with Crippen LogP contribution in [0.5, 0.6) is 5.75 Å². The molecule has 1 aliphatic heterocycles. The molecule has 0 spiro atoms. The minimum atomic E-state index is -3.82. The van der Waals surface area contributed by atoms with Crippen LogP contribution >= 0.6 is 0 Å². The molecule has 3 rings (SSSR count). The predicted octanol–water partition coefficient (Wildman–Crippen LogP) is 2.35. The lowest BCUT2D eigenvalue weighted by atomic mass is 10.2. The van der Waals surface area contributed by atoms with Gasteiger partial charge < -0.3 is 10.1 Å². The Hall–Kier alpha value is -2.70. The summed E-state index contributed by atoms with van der Waals surface area (Å²) in [6.45, 7) is 2.92. The summed E-state index contributed by atoms with van der Waals surface area (Å²) in [5.74, 6) is -0.591. The van der Waals surface area contributed by atoms with Crippen molar-refractivity contribution in [3.8, 4) is 5.75 Å². The third-order valence-electron chi connectivity index (χ3n) is 5.61. The molecule has 192 valence electrons. The molecule has 9 nitrogen and oxygen atoms in total. The quantitative estimate of drug-likeness (QED) is 0.449. The van der Waals surface area contributed by atoms with E-state index in [1.807, 2.05) is 0 Å². The van der Waals surface area contributed by atoms with Crippen molar-refractivity contribution in [1.82, 2.24) is 9.62 Å². The van der Waals surface area contributed by atoms with Gasteiger partial charge in [0, 0.05) is 13.1 Å². The zero-order valence-corrected chi connectivity index (χ0v) is 21.3. The first-order valence-electron chi connectivity index (χ1n) is 11.3. The van der Waals surface area contributed by atoms with Crippen LogP contribution in [-0.4, -0.2) is 65.6 Å². The maximum Gasteiger partial charge on any atom is 0.244 e. The molecule has 0 aliphatic carbocycles. The first-order valence-corrected chi connectivity index (χ1v) is 14.6. The second-order valence-electron chi connectivity index (χ2n) is 8.18. The maximum atomic E-state index is 13.3. The van der Waals surface area contributed by atoms with E-state index in [4.69, 9.17) is 4.74 Å². The van der Waals surface area contributed by atoms with Crippen molar-refractivity contribution in [2.45, 2.75) is 37.1 Å². The van der Waals surface area contributed by atoms with E-state index < -0.39 is 37.8 Å². The molecule has 35 heavy (non-hydrogen) atoms. The second kappa shape index (κ2) is 11.4. The van der Waals surface area contributed by atoms with Gasteiger partial charge in [0.25, 0.3) is 0 Å². The second-order valence-corrected chi connectivity index (χ2v) is 12.0. The summed E-state index contributed by atoms with van der Waals surface area (Å²) in [5, 5.41) is 2.66. The highest BCUT2D eigenvalue weighted by Crippen LogP contribution is 2.24. The average molecular weight is 528 g/mol. The monoisotopic (exact) mass is 527 g/mol. The van der Waals surface area contributed by atoms with E-state index in [1.54, 1.807) is 19.1 Å². The van der Waals surface area contributed by atoms with Crippen molar-refractivity contribution in [3.05, 3.63) is 54.3 Å². The molecule has 2 aromatic rings. The molecule has 1 unspecified atom stereocenters.